The summed E-state index contributed by atoms with van der Waals surface area (Å²) in [6, 6.07) is 36.1. The lowest BCUT2D eigenvalue weighted by atomic mass is 10.0. The van der Waals surface area contributed by atoms with Gasteiger partial charge in [0, 0.05) is 24.6 Å². The third kappa shape index (κ3) is 4.09. The lowest BCUT2D eigenvalue weighted by molar-refractivity contribution is -0.676. The molecule has 140 valence electrons. The summed E-state index contributed by atoms with van der Waals surface area (Å²) in [6.07, 6.45) is 0. The van der Waals surface area contributed by atoms with E-state index in [1.165, 1.54) is 28.1 Å². The number of halogens is 1. The molecule has 0 unspecified atom stereocenters. The predicted molar refractivity (Wildman–Crippen MR) is 112 cm³/mol. The third-order valence-electron chi connectivity index (χ3n) is 4.83. The van der Waals surface area contributed by atoms with Crippen LogP contribution < -0.4 is 33.7 Å². The molecule has 4 rings (SSSR count). The van der Waals surface area contributed by atoms with Gasteiger partial charge >= 0.3 is 0 Å². The molecule has 0 atom stereocenters. The molecule has 1 heterocycles. The Morgan fingerprint density at radius 1 is 0.607 bits per heavy atom. The van der Waals surface area contributed by atoms with Crippen LogP contribution >= 0.6 is 0 Å². The number of nitrogens with zero attached hydrogens (tertiary/aromatic N) is 2. The molecule has 0 aliphatic rings. The van der Waals surface area contributed by atoms with Gasteiger partial charge in [-0.05, 0) is 35.4 Å². The van der Waals surface area contributed by atoms with E-state index in [2.05, 4.69) is 121 Å². The Labute approximate surface area is 184 Å². The van der Waals surface area contributed by atoms with E-state index >= 15 is 0 Å². The molecule has 0 amide bonds. The molecule has 3 heteroatoms. The van der Waals surface area contributed by atoms with Crippen LogP contribution in [0.4, 0.5) is 5.69 Å². The minimum atomic E-state index is 0. The number of para-hydroxylation sites is 1. The summed E-state index contributed by atoms with van der Waals surface area (Å²) in [7, 11) is 2.11. The SMILES string of the molecule is Cc1cc(-c2ccccc2)cc(-c2ccccc2)[n+]1N(C)c1ccccc1.[I-]. The summed E-state index contributed by atoms with van der Waals surface area (Å²) in [5, 5.41) is 2.20. The molecule has 0 saturated heterocycles. The number of anilines is 1. The molecule has 1 aromatic heterocycles. The van der Waals surface area contributed by atoms with E-state index in [4.69, 9.17) is 0 Å². The van der Waals surface area contributed by atoms with Gasteiger partial charge in [0.15, 0.2) is 0 Å². The van der Waals surface area contributed by atoms with E-state index in [1.807, 2.05) is 6.07 Å². The Balaban J connectivity index is 0.00000225. The number of hydrogen-bond acceptors (Lipinski definition) is 1. The fourth-order valence-electron chi connectivity index (χ4n) is 3.50. The van der Waals surface area contributed by atoms with Crippen molar-refractivity contribution in [2.45, 2.75) is 6.92 Å². The van der Waals surface area contributed by atoms with Crippen LogP contribution in [0.25, 0.3) is 22.4 Å². The molecule has 0 N–H and O–H groups in total. The molecule has 2 nitrogen and oxygen atoms in total. The average Bonchev–Trinajstić information content (AvgIpc) is 2.74. The van der Waals surface area contributed by atoms with Gasteiger partial charge in [-0.2, -0.15) is 5.01 Å². The van der Waals surface area contributed by atoms with Crippen LogP contribution in [0.2, 0.25) is 0 Å². The number of pyridine rings is 1. The number of benzene rings is 3. The van der Waals surface area contributed by atoms with Gasteiger partial charge < -0.3 is 24.0 Å². The van der Waals surface area contributed by atoms with Crippen molar-refractivity contribution in [3.05, 3.63) is 109 Å². The van der Waals surface area contributed by atoms with Gasteiger partial charge in [-0.3, -0.25) is 0 Å². The van der Waals surface area contributed by atoms with Crippen molar-refractivity contribution in [3.63, 3.8) is 0 Å². The monoisotopic (exact) mass is 478 g/mol. The Kier molecular flexibility index (Phi) is 6.47. The zero-order valence-electron chi connectivity index (χ0n) is 16.1. The summed E-state index contributed by atoms with van der Waals surface area (Å²) in [5.74, 6) is 0. The van der Waals surface area contributed by atoms with E-state index in [0.29, 0.717) is 0 Å². The second kappa shape index (κ2) is 9.02. The van der Waals surface area contributed by atoms with E-state index in [9.17, 15) is 0 Å². The van der Waals surface area contributed by atoms with Gasteiger partial charge in [0.2, 0.25) is 11.4 Å². The van der Waals surface area contributed by atoms with Crippen molar-refractivity contribution >= 4 is 5.69 Å². The Morgan fingerprint density at radius 3 is 1.68 bits per heavy atom. The van der Waals surface area contributed by atoms with E-state index in [-0.39, 0.29) is 24.0 Å². The first-order valence-electron chi connectivity index (χ1n) is 9.20. The van der Waals surface area contributed by atoms with E-state index in [1.54, 1.807) is 0 Å². The maximum Gasteiger partial charge on any atom is 0.243 e. The van der Waals surface area contributed by atoms with Crippen LogP contribution in [0.5, 0.6) is 0 Å². The summed E-state index contributed by atoms with van der Waals surface area (Å²) in [4.78, 5) is 0. The summed E-state index contributed by atoms with van der Waals surface area (Å²) < 4.78 is 2.27. The molecule has 0 spiro atoms. The maximum atomic E-state index is 2.27. The van der Waals surface area contributed by atoms with Crippen LogP contribution in [0.3, 0.4) is 0 Å². The van der Waals surface area contributed by atoms with Gasteiger partial charge in [0.25, 0.3) is 0 Å². The van der Waals surface area contributed by atoms with Gasteiger partial charge in [-0.25, -0.2) is 0 Å². The second-order valence-corrected chi connectivity index (χ2v) is 6.67. The van der Waals surface area contributed by atoms with Gasteiger partial charge in [0.05, 0.1) is 12.7 Å². The van der Waals surface area contributed by atoms with Gasteiger partial charge in [-0.1, -0.05) is 71.4 Å². The minimum absolute atomic E-state index is 0. The first kappa shape index (κ1) is 20.1. The highest BCUT2D eigenvalue weighted by Crippen LogP contribution is 2.26. The van der Waals surface area contributed by atoms with Crippen molar-refractivity contribution in [1.29, 1.82) is 0 Å². The molecular weight excluding hydrogens is 455 g/mol. The normalized spacial score (nSPS) is 10.2. The fourth-order valence-corrected chi connectivity index (χ4v) is 3.50. The number of hydrogen-bond donors (Lipinski definition) is 0. The average molecular weight is 478 g/mol. The maximum absolute atomic E-state index is 2.27. The molecular formula is C25H23IN2. The Hall–Kier alpha value is -2.66. The van der Waals surface area contributed by atoms with Crippen LogP contribution in [0.15, 0.2) is 103 Å². The highest BCUT2D eigenvalue weighted by molar-refractivity contribution is 5.69. The standard InChI is InChI=1S/C25H23N2.HI/c1-20-18-23(21-12-6-3-7-13-21)19-25(22-14-8-4-9-15-22)27(20)26(2)24-16-10-5-11-17-24;/h3-19H,1-2H3;1H/q+1;/p-1. The smallest absolute Gasteiger partial charge is 0.243 e. The highest BCUT2D eigenvalue weighted by Gasteiger charge is 2.23. The predicted octanol–water partition coefficient (Wildman–Crippen LogP) is 2.52. The van der Waals surface area contributed by atoms with Crippen LogP contribution in [-0.2, 0) is 0 Å². The number of rotatable bonds is 4. The molecule has 4 aromatic rings. The van der Waals surface area contributed by atoms with Crippen molar-refractivity contribution in [1.82, 2.24) is 0 Å². The topological polar surface area (TPSA) is 7.12 Å². The first-order chi connectivity index (χ1) is 13.2. The zero-order valence-corrected chi connectivity index (χ0v) is 18.2. The Morgan fingerprint density at radius 2 is 1.11 bits per heavy atom. The number of aromatic nitrogens is 1. The van der Waals surface area contributed by atoms with Crippen molar-refractivity contribution < 1.29 is 28.7 Å². The Bertz CT molecular complexity index is 1030. The largest absolute Gasteiger partial charge is 1.00 e. The molecule has 0 radical (unpaired) electrons. The van der Waals surface area contributed by atoms with Gasteiger partial charge in [0.1, 0.15) is 0 Å². The summed E-state index contributed by atoms with van der Waals surface area (Å²) in [6.45, 7) is 2.16. The number of aryl methyl sites for hydroxylation is 1. The fraction of sp³-hybridized carbons (Fsp3) is 0.0800. The molecule has 0 aliphatic carbocycles. The van der Waals surface area contributed by atoms with Crippen LogP contribution in [0.1, 0.15) is 5.69 Å². The van der Waals surface area contributed by atoms with E-state index in [0.717, 1.165) is 5.69 Å². The molecule has 0 aliphatic heterocycles. The molecule has 0 fully saturated rings. The lowest BCUT2D eigenvalue weighted by Crippen LogP contribution is -3.00. The van der Waals surface area contributed by atoms with Gasteiger partial charge in [-0.15, -0.1) is 0 Å². The summed E-state index contributed by atoms with van der Waals surface area (Å²) in [5.41, 5.74) is 7.15. The van der Waals surface area contributed by atoms with Crippen molar-refractivity contribution in [2.24, 2.45) is 0 Å². The molecule has 3 aromatic carbocycles. The molecule has 0 bridgehead atoms. The zero-order chi connectivity index (χ0) is 18.6. The molecule has 28 heavy (non-hydrogen) atoms. The third-order valence-corrected chi connectivity index (χ3v) is 4.83. The van der Waals surface area contributed by atoms with Crippen LogP contribution in [-0.4, -0.2) is 7.05 Å². The minimum Gasteiger partial charge on any atom is -1.00 e. The van der Waals surface area contributed by atoms with Crippen LogP contribution in [0, 0.1) is 6.92 Å². The van der Waals surface area contributed by atoms with Crippen molar-refractivity contribution in [2.75, 3.05) is 12.1 Å². The lowest BCUT2D eigenvalue weighted by Gasteiger charge is -2.18. The van der Waals surface area contributed by atoms with E-state index < -0.39 is 0 Å². The first-order valence-corrected chi connectivity index (χ1v) is 9.20. The quantitative estimate of drug-likeness (QED) is 0.323. The van der Waals surface area contributed by atoms with Crippen molar-refractivity contribution in [3.8, 4) is 22.4 Å². The second-order valence-electron chi connectivity index (χ2n) is 6.67. The summed E-state index contributed by atoms with van der Waals surface area (Å²) >= 11 is 0. The highest BCUT2D eigenvalue weighted by atomic mass is 127. The molecule has 0 saturated carbocycles.